The van der Waals surface area contributed by atoms with Gasteiger partial charge in [-0.25, -0.2) is 9.59 Å². The Morgan fingerprint density at radius 1 is 1.00 bits per heavy atom. The lowest BCUT2D eigenvalue weighted by Gasteiger charge is -2.38. The zero-order valence-corrected chi connectivity index (χ0v) is 18.1. The molecule has 2 aliphatic rings. The van der Waals surface area contributed by atoms with Gasteiger partial charge in [0.2, 0.25) is 0 Å². The lowest BCUT2D eigenvalue weighted by atomic mass is 9.74. The van der Waals surface area contributed by atoms with Crippen molar-refractivity contribution in [1.82, 2.24) is 0 Å². The van der Waals surface area contributed by atoms with E-state index in [0.717, 1.165) is 0 Å². The lowest BCUT2D eigenvalue weighted by Crippen LogP contribution is -2.34. The maximum Gasteiger partial charge on any atom is 0.340 e. The monoisotopic (exact) mass is 472 g/mol. The van der Waals surface area contributed by atoms with E-state index in [0.29, 0.717) is 22.3 Å². The van der Waals surface area contributed by atoms with Crippen LogP contribution < -0.4 is 4.74 Å². The minimum absolute atomic E-state index is 0.0116. The number of carbonyl (C=O) groups is 2. The number of aromatic hydroxyl groups is 2. The number of esters is 1. The highest BCUT2D eigenvalue weighted by Gasteiger charge is 2.56. The second kappa shape index (κ2) is 6.54. The Morgan fingerprint density at radius 3 is 2.38 bits per heavy atom. The first kappa shape index (κ1) is 20.5. The summed E-state index contributed by atoms with van der Waals surface area (Å²) in [5.74, 6) is -2.40. The number of ether oxygens (including phenoxy) is 2. The van der Waals surface area contributed by atoms with Crippen LogP contribution in [0.4, 0.5) is 0 Å². The van der Waals surface area contributed by atoms with Crippen molar-refractivity contribution in [2.24, 2.45) is 0 Å². The Balaban J connectivity index is 2.01. The maximum absolute atomic E-state index is 13.0. The van der Waals surface area contributed by atoms with Gasteiger partial charge in [-0.1, -0.05) is 23.2 Å². The van der Waals surface area contributed by atoms with Crippen molar-refractivity contribution < 1.29 is 34.4 Å². The summed E-state index contributed by atoms with van der Waals surface area (Å²) < 4.78 is 11.9. The number of fused-ring (bicyclic) bond motifs is 6. The molecule has 2 aliphatic heterocycles. The minimum Gasteiger partial charge on any atom is -0.506 e. The molecular formula is C23H14Cl2O7. The molecule has 0 fully saturated rings. The average Bonchev–Trinajstić information content (AvgIpc) is 3.04. The van der Waals surface area contributed by atoms with E-state index in [-0.39, 0.29) is 49.7 Å². The number of carboxylic acids is 1. The van der Waals surface area contributed by atoms with Crippen LogP contribution in [0.15, 0.2) is 30.3 Å². The van der Waals surface area contributed by atoms with Crippen molar-refractivity contribution >= 4 is 35.1 Å². The van der Waals surface area contributed by atoms with Crippen LogP contribution in [-0.4, -0.2) is 27.3 Å². The summed E-state index contributed by atoms with van der Waals surface area (Å²) in [6, 6.07) is 7.13. The molecule has 1 unspecified atom stereocenters. The molecule has 0 aromatic heterocycles. The SMILES string of the molecule is Cc1cc2c(c(Cl)c1O)Oc1c(ccc(O)c1Cl)C21OC(=O)c2ccc(C(=O)O)c(C)c21. The largest absolute Gasteiger partial charge is 0.506 e. The van der Waals surface area contributed by atoms with E-state index < -0.39 is 17.5 Å². The summed E-state index contributed by atoms with van der Waals surface area (Å²) in [6.07, 6.45) is 0. The van der Waals surface area contributed by atoms with Gasteiger partial charge in [0.25, 0.3) is 0 Å². The second-order valence-corrected chi connectivity index (χ2v) is 8.40. The van der Waals surface area contributed by atoms with E-state index in [4.69, 9.17) is 32.7 Å². The van der Waals surface area contributed by atoms with Gasteiger partial charge in [-0.15, -0.1) is 0 Å². The normalized spacial score (nSPS) is 17.9. The molecule has 9 heteroatoms. The third-order valence-corrected chi connectivity index (χ3v) is 6.65. The fourth-order valence-corrected chi connectivity index (χ4v) is 4.96. The molecule has 32 heavy (non-hydrogen) atoms. The van der Waals surface area contributed by atoms with Gasteiger partial charge in [-0.2, -0.15) is 0 Å². The molecule has 0 radical (unpaired) electrons. The van der Waals surface area contributed by atoms with E-state index in [9.17, 15) is 24.9 Å². The van der Waals surface area contributed by atoms with Crippen molar-refractivity contribution in [3.8, 4) is 23.0 Å². The summed E-state index contributed by atoms with van der Waals surface area (Å²) in [5, 5.41) is 30.0. The first-order valence-electron chi connectivity index (χ1n) is 9.42. The summed E-state index contributed by atoms with van der Waals surface area (Å²) >= 11 is 12.7. The number of phenols is 2. The van der Waals surface area contributed by atoms with Gasteiger partial charge in [0.1, 0.15) is 21.5 Å². The number of hydrogen-bond donors (Lipinski definition) is 3. The number of carboxylic acid groups (broad SMARTS) is 1. The third kappa shape index (κ3) is 2.37. The number of aryl methyl sites for hydroxylation is 1. The highest BCUT2D eigenvalue weighted by molar-refractivity contribution is 6.35. The second-order valence-electron chi connectivity index (χ2n) is 7.65. The lowest BCUT2D eigenvalue weighted by molar-refractivity contribution is 0.0223. The molecule has 0 saturated carbocycles. The van der Waals surface area contributed by atoms with Crippen molar-refractivity contribution in [1.29, 1.82) is 0 Å². The zero-order valence-electron chi connectivity index (χ0n) is 16.6. The predicted octanol–water partition coefficient (Wildman–Crippen LogP) is 5.29. The maximum atomic E-state index is 13.0. The first-order chi connectivity index (χ1) is 15.1. The smallest absolute Gasteiger partial charge is 0.340 e. The Bertz CT molecular complexity index is 1400. The van der Waals surface area contributed by atoms with Gasteiger partial charge >= 0.3 is 11.9 Å². The number of phenolic OH excluding ortho intramolecular Hbond substituents is 2. The van der Waals surface area contributed by atoms with Crippen LogP contribution in [0.1, 0.15) is 48.5 Å². The molecule has 0 bridgehead atoms. The van der Waals surface area contributed by atoms with Crippen molar-refractivity contribution in [2.75, 3.05) is 0 Å². The highest BCUT2D eigenvalue weighted by Crippen LogP contribution is 2.61. The van der Waals surface area contributed by atoms with E-state index in [1.54, 1.807) is 19.9 Å². The molecular weight excluding hydrogens is 459 g/mol. The molecule has 3 N–H and O–H groups in total. The van der Waals surface area contributed by atoms with Crippen molar-refractivity contribution in [2.45, 2.75) is 19.4 Å². The fourth-order valence-electron chi connectivity index (χ4n) is 4.47. The number of benzene rings is 3. The molecule has 0 aliphatic carbocycles. The van der Waals surface area contributed by atoms with Crippen LogP contribution in [0.5, 0.6) is 23.0 Å². The van der Waals surface area contributed by atoms with Crippen LogP contribution in [0.2, 0.25) is 10.0 Å². The van der Waals surface area contributed by atoms with E-state index >= 15 is 0 Å². The molecule has 5 rings (SSSR count). The molecule has 1 spiro atoms. The Morgan fingerprint density at radius 2 is 1.69 bits per heavy atom. The number of carbonyl (C=O) groups excluding carboxylic acids is 1. The van der Waals surface area contributed by atoms with Gasteiger partial charge in [0.05, 0.1) is 11.1 Å². The first-order valence-corrected chi connectivity index (χ1v) is 10.2. The van der Waals surface area contributed by atoms with Gasteiger partial charge in [0.15, 0.2) is 17.1 Å². The third-order valence-electron chi connectivity index (χ3n) is 5.94. The number of rotatable bonds is 1. The van der Waals surface area contributed by atoms with Crippen molar-refractivity contribution in [3.63, 3.8) is 0 Å². The molecule has 7 nitrogen and oxygen atoms in total. The van der Waals surface area contributed by atoms with Crippen LogP contribution in [-0.2, 0) is 10.3 Å². The summed E-state index contributed by atoms with van der Waals surface area (Å²) in [6.45, 7) is 3.20. The quantitative estimate of drug-likeness (QED) is 0.412. The molecule has 0 amide bonds. The Kier molecular flexibility index (Phi) is 4.19. The van der Waals surface area contributed by atoms with Gasteiger partial charge < -0.3 is 24.8 Å². The van der Waals surface area contributed by atoms with E-state index in [1.807, 2.05) is 0 Å². The van der Waals surface area contributed by atoms with Gasteiger partial charge in [-0.3, -0.25) is 0 Å². The predicted molar refractivity (Wildman–Crippen MR) is 114 cm³/mol. The van der Waals surface area contributed by atoms with Crippen LogP contribution in [0.3, 0.4) is 0 Å². The summed E-state index contributed by atoms with van der Waals surface area (Å²) in [5.41, 5.74) is 0.0874. The van der Waals surface area contributed by atoms with E-state index in [1.165, 1.54) is 24.3 Å². The van der Waals surface area contributed by atoms with Gasteiger partial charge in [-0.05, 0) is 55.3 Å². The number of halogens is 2. The van der Waals surface area contributed by atoms with Gasteiger partial charge in [0, 0.05) is 16.7 Å². The molecule has 162 valence electrons. The standard InChI is InChI=1S/C23H14Cl2O7/c1-8-7-13-20(17(25)18(8)27)31-19-12(5-6-14(26)16(19)24)23(13)15-9(2)10(21(28)29)3-4-11(15)22(30)32-23/h3-7,26-27H,1-2H3,(H,28,29). The molecule has 3 aromatic carbocycles. The molecule has 0 saturated heterocycles. The van der Waals surface area contributed by atoms with Crippen molar-refractivity contribution in [3.05, 3.63) is 79.3 Å². The van der Waals surface area contributed by atoms with E-state index in [2.05, 4.69) is 0 Å². The molecule has 1 atom stereocenters. The molecule has 3 aromatic rings. The van der Waals surface area contributed by atoms with Crippen LogP contribution in [0, 0.1) is 13.8 Å². The van der Waals surface area contributed by atoms with Crippen LogP contribution in [0.25, 0.3) is 0 Å². The zero-order chi connectivity index (χ0) is 23.1. The Labute approximate surface area is 191 Å². The average molecular weight is 473 g/mol. The number of hydrogen-bond acceptors (Lipinski definition) is 6. The summed E-state index contributed by atoms with van der Waals surface area (Å²) in [4.78, 5) is 24.9. The molecule has 2 heterocycles. The highest BCUT2D eigenvalue weighted by atomic mass is 35.5. The topological polar surface area (TPSA) is 113 Å². The number of aromatic carboxylic acids is 1. The fraction of sp³-hybridized carbons (Fsp3) is 0.130. The Hall–Kier alpha value is -3.42. The van der Waals surface area contributed by atoms with Crippen LogP contribution >= 0.6 is 23.2 Å². The minimum atomic E-state index is -1.66. The summed E-state index contributed by atoms with van der Waals surface area (Å²) in [7, 11) is 0.